The van der Waals surface area contributed by atoms with Crippen LogP contribution < -0.4 is 21.5 Å². The average molecular weight is 1310 g/mol. The third-order valence-electron chi connectivity index (χ3n) is 17.6. The first kappa shape index (κ1) is 74.9. The normalized spacial score (nSPS) is 13.4. The monoisotopic (exact) mass is 1310 g/mol. The van der Waals surface area contributed by atoms with Gasteiger partial charge < -0.3 is 71.3 Å². The fourth-order valence-corrected chi connectivity index (χ4v) is 13.8. The summed E-state index contributed by atoms with van der Waals surface area (Å²) >= 11 is 0. The van der Waals surface area contributed by atoms with Gasteiger partial charge in [-0.2, -0.15) is 0 Å². The van der Waals surface area contributed by atoms with Crippen LogP contribution >= 0.6 is 0 Å². The van der Waals surface area contributed by atoms with E-state index in [4.69, 9.17) is 9.47 Å². The SMILES string of the molecule is CCc1cc2c(cc1CC)CC(NCC(O)c1ccc(O)c3[nH]c(=O)ccc13)C2.O=S(=O)(Cc1cccc(CCCCOCCCCCCNCC(O)c2ccc(O)c(CO)c2)c1)Cc1cccc(CCCCOCCCCCCNCC(O)c2ccc(O)c(CO)c2)c1. The molecule has 1 aromatic heterocycles. The minimum absolute atomic E-state index is 0.00584. The number of aromatic hydroxyl groups is 3. The molecule has 8 rings (SSSR count). The highest BCUT2D eigenvalue weighted by Gasteiger charge is 2.24. The quantitative estimate of drug-likeness (QED) is 0.0158. The highest BCUT2D eigenvalue weighted by atomic mass is 32.2. The first-order chi connectivity index (χ1) is 45.6. The van der Waals surface area contributed by atoms with E-state index in [1.54, 1.807) is 36.4 Å². The van der Waals surface area contributed by atoms with E-state index >= 15 is 0 Å². The van der Waals surface area contributed by atoms with E-state index in [1.807, 2.05) is 36.4 Å². The van der Waals surface area contributed by atoms with Gasteiger partial charge in [0, 0.05) is 74.7 Å². The lowest BCUT2D eigenvalue weighted by molar-refractivity contribution is 0.126. The van der Waals surface area contributed by atoms with Crippen LogP contribution in [0.3, 0.4) is 0 Å². The van der Waals surface area contributed by atoms with E-state index in [0.717, 1.165) is 164 Å². The molecule has 3 unspecified atom stereocenters. The number of hydrogen-bond acceptors (Lipinski definition) is 16. The van der Waals surface area contributed by atoms with Gasteiger partial charge in [-0.3, -0.25) is 4.79 Å². The number of pyridine rings is 1. The predicted molar refractivity (Wildman–Crippen MR) is 373 cm³/mol. The molecular formula is C76H104N4O13S. The Labute approximate surface area is 556 Å². The maximum absolute atomic E-state index is 13.3. The smallest absolute Gasteiger partial charge is 0.248 e. The van der Waals surface area contributed by atoms with Crippen LogP contribution in [0.5, 0.6) is 17.2 Å². The summed E-state index contributed by atoms with van der Waals surface area (Å²) in [7, 11) is -3.35. The molecule has 1 aliphatic rings. The molecule has 6 aromatic carbocycles. The summed E-state index contributed by atoms with van der Waals surface area (Å²) in [5, 5.41) is 90.3. The second kappa shape index (κ2) is 40.1. The number of phenols is 3. The summed E-state index contributed by atoms with van der Waals surface area (Å²) < 4.78 is 38.2. The number of phenolic OH excluding ortho intramolecular Hbond substituents is 1. The topological polar surface area (TPSA) is 283 Å². The number of aliphatic hydroxyl groups is 5. The molecule has 1 heterocycles. The van der Waals surface area contributed by atoms with Gasteiger partial charge in [0.2, 0.25) is 5.56 Å². The van der Waals surface area contributed by atoms with Crippen molar-refractivity contribution in [3.8, 4) is 17.2 Å². The van der Waals surface area contributed by atoms with Crippen molar-refractivity contribution in [2.45, 2.75) is 178 Å². The van der Waals surface area contributed by atoms with Gasteiger partial charge in [-0.25, -0.2) is 8.42 Å². The lowest BCUT2D eigenvalue weighted by Gasteiger charge is -2.18. The fourth-order valence-electron chi connectivity index (χ4n) is 12.3. The van der Waals surface area contributed by atoms with Crippen molar-refractivity contribution in [3.05, 3.63) is 204 Å². The molecule has 512 valence electrons. The van der Waals surface area contributed by atoms with E-state index in [-0.39, 0.29) is 47.5 Å². The molecule has 0 bridgehead atoms. The minimum Gasteiger partial charge on any atom is -0.508 e. The summed E-state index contributed by atoms with van der Waals surface area (Å²) in [4.78, 5) is 14.2. The van der Waals surface area contributed by atoms with Crippen LogP contribution in [0.25, 0.3) is 10.9 Å². The van der Waals surface area contributed by atoms with Crippen molar-refractivity contribution in [1.82, 2.24) is 20.9 Å². The maximum Gasteiger partial charge on any atom is 0.248 e. The van der Waals surface area contributed by atoms with Crippen LogP contribution in [-0.2, 0) is 82.6 Å². The van der Waals surface area contributed by atoms with Gasteiger partial charge >= 0.3 is 0 Å². The molecule has 3 atom stereocenters. The Morgan fingerprint density at radius 2 is 0.957 bits per heavy atom. The number of ether oxygens (including phenoxy) is 2. The molecule has 1 aliphatic carbocycles. The number of aromatic amines is 1. The van der Waals surface area contributed by atoms with Crippen LogP contribution in [0.15, 0.2) is 126 Å². The number of H-pyrrole nitrogens is 1. The number of rotatable bonds is 42. The third-order valence-corrected chi connectivity index (χ3v) is 19.2. The van der Waals surface area contributed by atoms with Gasteiger partial charge in [0.15, 0.2) is 9.84 Å². The molecule has 0 aliphatic heterocycles. The highest BCUT2D eigenvalue weighted by Crippen LogP contribution is 2.31. The number of aliphatic hydroxyl groups excluding tert-OH is 5. The van der Waals surface area contributed by atoms with E-state index in [1.165, 1.54) is 46.5 Å². The van der Waals surface area contributed by atoms with Crippen LogP contribution in [0.1, 0.15) is 182 Å². The van der Waals surface area contributed by atoms with Crippen molar-refractivity contribution >= 4 is 20.7 Å². The van der Waals surface area contributed by atoms with Crippen molar-refractivity contribution in [2.24, 2.45) is 0 Å². The van der Waals surface area contributed by atoms with Gasteiger partial charge in [-0.05, 0) is 201 Å². The highest BCUT2D eigenvalue weighted by molar-refractivity contribution is 7.89. The van der Waals surface area contributed by atoms with Crippen molar-refractivity contribution in [3.63, 3.8) is 0 Å². The first-order valence-corrected chi connectivity index (χ1v) is 35.9. The van der Waals surface area contributed by atoms with Gasteiger partial charge in [0.05, 0.1) is 48.5 Å². The molecule has 7 aromatic rings. The molecule has 0 fully saturated rings. The molecule has 0 saturated heterocycles. The zero-order valence-corrected chi connectivity index (χ0v) is 56.1. The van der Waals surface area contributed by atoms with Gasteiger partial charge in [-0.15, -0.1) is 0 Å². The van der Waals surface area contributed by atoms with Gasteiger partial charge in [-0.1, -0.05) is 118 Å². The zero-order valence-electron chi connectivity index (χ0n) is 55.3. The second-order valence-electron chi connectivity index (χ2n) is 25.1. The number of unbranched alkanes of at least 4 members (excludes halogenated alkanes) is 8. The van der Waals surface area contributed by atoms with E-state index in [0.29, 0.717) is 77.6 Å². The van der Waals surface area contributed by atoms with Crippen molar-refractivity contribution < 1.29 is 58.7 Å². The van der Waals surface area contributed by atoms with Crippen LogP contribution in [0, 0.1) is 0 Å². The first-order valence-electron chi connectivity index (χ1n) is 34.1. The summed E-state index contributed by atoms with van der Waals surface area (Å²) in [5.41, 5.74) is 12.6. The number of fused-ring (bicyclic) bond motifs is 2. The number of sulfone groups is 1. The fraction of sp³-hybridized carbons (Fsp3) is 0.487. The van der Waals surface area contributed by atoms with Crippen molar-refractivity contribution in [1.29, 1.82) is 0 Å². The maximum atomic E-state index is 13.3. The Balaban J connectivity index is 0.000000355. The Morgan fingerprint density at radius 1 is 0.500 bits per heavy atom. The van der Waals surface area contributed by atoms with Crippen molar-refractivity contribution in [2.75, 3.05) is 59.2 Å². The second-order valence-corrected chi connectivity index (χ2v) is 27.1. The summed E-state index contributed by atoms with van der Waals surface area (Å²) in [6.07, 6.45) is 15.9. The number of aryl methyl sites for hydroxylation is 4. The molecule has 0 radical (unpaired) electrons. The summed E-state index contributed by atoms with van der Waals surface area (Å²) in [5.74, 6) is 0.102. The number of aromatic nitrogens is 1. The lowest BCUT2D eigenvalue weighted by Crippen LogP contribution is -2.33. The molecule has 18 heteroatoms. The Hall–Kier alpha value is -6.52. The van der Waals surface area contributed by atoms with Gasteiger partial charge in [0.25, 0.3) is 0 Å². The molecule has 0 amide bonds. The molecule has 0 saturated carbocycles. The van der Waals surface area contributed by atoms with E-state index < -0.39 is 28.1 Å². The summed E-state index contributed by atoms with van der Waals surface area (Å²) in [6, 6.07) is 36.8. The van der Waals surface area contributed by atoms with Crippen LogP contribution in [0.4, 0.5) is 0 Å². The summed E-state index contributed by atoms with van der Waals surface area (Å²) in [6.45, 7) is 9.64. The largest absolute Gasteiger partial charge is 0.508 e. The van der Waals surface area contributed by atoms with E-state index in [2.05, 4.69) is 59.0 Å². The third kappa shape index (κ3) is 24.9. The molecule has 94 heavy (non-hydrogen) atoms. The van der Waals surface area contributed by atoms with Crippen LogP contribution in [-0.4, -0.2) is 119 Å². The van der Waals surface area contributed by atoms with Gasteiger partial charge in [0.1, 0.15) is 17.2 Å². The molecule has 0 spiro atoms. The zero-order chi connectivity index (χ0) is 67.1. The number of benzene rings is 6. The Morgan fingerprint density at radius 3 is 1.44 bits per heavy atom. The lowest BCUT2D eigenvalue weighted by atomic mass is 9.97. The predicted octanol–water partition coefficient (Wildman–Crippen LogP) is 10.8. The minimum atomic E-state index is -3.35. The van der Waals surface area contributed by atoms with E-state index in [9.17, 15) is 54.1 Å². The standard InChI is InChI=1S/C52H76N2O10S.C24H28N2O3/c55-37-47-33-45(21-23-49(47)57)51(59)35-53-25-7-1-3-9-27-63-29-11-5-15-41-17-13-19-43(31-41)39-65(61,62)40-44-20-14-18-42(32-44)16-6-12-30-64-28-10-4-2-8-26-54-36-52(60)46-22-24-50(58)48(34-46)38-56;1-3-14-9-16-11-18(12-17(16)10-15(14)4-2)25-13-22(28)19-5-7-21(27)24-20(19)6-8-23(29)26-24/h13-14,17-24,31-34,51-60H,1-12,15-16,25-30,35-40H2;5-10,18,22,25,27-28H,3-4,11-13H2,1-2H3,(H,26,29). The number of nitrogens with one attached hydrogen (secondary N) is 4. The molecule has 17 nitrogen and oxygen atoms in total. The Kier molecular flexibility index (Phi) is 32.0. The molecule has 12 N–H and O–H groups in total. The van der Waals surface area contributed by atoms with Crippen LogP contribution in [0.2, 0.25) is 0 Å². The average Bonchev–Trinajstić information content (AvgIpc) is 1.19. The number of hydrogen-bond donors (Lipinski definition) is 12. The Bertz CT molecular complexity index is 3410. The molecular weight excluding hydrogens is 1210 g/mol.